The summed E-state index contributed by atoms with van der Waals surface area (Å²) in [7, 11) is 0. The van der Waals surface area contributed by atoms with Crippen molar-refractivity contribution in [2.24, 2.45) is 11.3 Å². The van der Waals surface area contributed by atoms with E-state index in [1.54, 1.807) is 0 Å². The molecule has 0 aromatic heterocycles. The third-order valence-corrected chi connectivity index (χ3v) is 5.04. The minimum Gasteiger partial charge on any atom is -0.300 e. The number of hydrogen-bond donors (Lipinski definition) is 0. The Balaban J connectivity index is 1.97. The summed E-state index contributed by atoms with van der Waals surface area (Å²) in [5.41, 5.74) is -0.0714. The molecule has 0 aromatic carbocycles. The zero-order valence-corrected chi connectivity index (χ0v) is 12.4. The second-order valence-electron chi connectivity index (χ2n) is 7.03. The predicted molar refractivity (Wildman–Crippen MR) is 75.6 cm³/mol. The van der Waals surface area contributed by atoms with E-state index in [2.05, 4.69) is 25.7 Å². The Hall–Kier alpha value is -0.370. The molecule has 2 heteroatoms. The van der Waals surface area contributed by atoms with Crippen LogP contribution in [0.2, 0.25) is 0 Å². The van der Waals surface area contributed by atoms with Crippen LogP contribution in [-0.2, 0) is 4.79 Å². The zero-order valence-electron chi connectivity index (χ0n) is 12.4. The van der Waals surface area contributed by atoms with Gasteiger partial charge in [0.2, 0.25) is 0 Å². The van der Waals surface area contributed by atoms with E-state index in [9.17, 15) is 4.79 Å². The molecule has 1 saturated carbocycles. The van der Waals surface area contributed by atoms with E-state index in [1.165, 1.54) is 38.6 Å². The number of rotatable bonds is 2. The van der Waals surface area contributed by atoms with Gasteiger partial charge in [0.1, 0.15) is 5.78 Å². The first kappa shape index (κ1) is 14.0. The van der Waals surface area contributed by atoms with Gasteiger partial charge >= 0.3 is 0 Å². The highest BCUT2D eigenvalue weighted by Crippen LogP contribution is 2.36. The molecule has 0 N–H and O–H groups in total. The van der Waals surface area contributed by atoms with Crippen molar-refractivity contribution < 1.29 is 4.79 Å². The van der Waals surface area contributed by atoms with Crippen molar-refractivity contribution in [3.8, 4) is 0 Å². The Morgan fingerprint density at radius 3 is 2.72 bits per heavy atom. The van der Waals surface area contributed by atoms with Crippen LogP contribution in [-0.4, -0.2) is 29.8 Å². The average Bonchev–Trinajstić information content (AvgIpc) is 2.51. The van der Waals surface area contributed by atoms with Crippen molar-refractivity contribution in [3.05, 3.63) is 0 Å². The Bertz CT molecular complexity index is 297. The number of Topliss-reactive ketones (excluding diaryl/α,β-unsaturated/α-hetero) is 1. The van der Waals surface area contributed by atoms with E-state index >= 15 is 0 Å². The van der Waals surface area contributed by atoms with Gasteiger partial charge in [-0.15, -0.1) is 0 Å². The normalized spacial score (nSPS) is 34.3. The molecular weight excluding hydrogens is 222 g/mol. The van der Waals surface area contributed by atoms with Crippen molar-refractivity contribution in [1.29, 1.82) is 0 Å². The molecule has 1 aliphatic carbocycles. The Labute approximate surface area is 112 Å². The molecule has 0 aromatic rings. The van der Waals surface area contributed by atoms with Gasteiger partial charge < -0.3 is 0 Å². The van der Waals surface area contributed by atoms with Crippen LogP contribution in [0.3, 0.4) is 0 Å². The zero-order chi connectivity index (χ0) is 13.2. The van der Waals surface area contributed by atoms with Crippen LogP contribution in [0.4, 0.5) is 0 Å². The first-order chi connectivity index (χ1) is 8.50. The van der Waals surface area contributed by atoms with E-state index in [4.69, 9.17) is 0 Å². The highest BCUT2D eigenvalue weighted by Gasteiger charge is 2.38. The number of ketones is 1. The van der Waals surface area contributed by atoms with Crippen LogP contribution < -0.4 is 0 Å². The maximum atomic E-state index is 12.5. The summed E-state index contributed by atoms with van der Waals surface area (Å²) in [4.78, 5) is 15.1. The largest absolute Gasteiger partial charge is 0.300 e. The second-order valence-corrected chi connectivity index (χ2v) is 7.03. The third-order valence-electron chi connectivity index (χ3n) is 5.04. The lowest BCUT2D eigenvalue weighted by atomic mass is 9.71. The SMILES string of the molecule is CC1CCCCCN1CC1CCCC(C)(C)C1=O. The Kier molecular flexibility index (Phi) is 4.47. The van der Waals surface area contributed by atoms with E-state index in [0.717, 1.165) is 19.4 Å². The molecule has 0 bridgehead atoms. The summed E-state index contributed by atoms with van der Waals surface area (Å²) in [6, 6.07) is 0.672. The number of carbonyl (C=O) groups is 1. The fourth-order valence-corrected chi connectivity index (χ4v) is 3.66. The monoisotopic (exact) mass is 251 g/mol. The van der Waals surface area contributed by atoms with E-state index in [-0.39, 0.29) is 5.41 Å². The van der Waals surface area contributed by atoms with E-state index in [1.807, 2.05) is 0 Å². The topological polar surface area (TPSA) is 20.3 Å². The molecule has 2 nitrogen and oxygen atoms in total. The average molecular weight is 251 g/mol. The van der Waals surface area contributed by atoms with Gasteiger partial charge in [0.15, 0.2) is 0 Å². The lowest BCUT2D eigenvalue weighted by Crippen LogP contribution is -2.44. The number of carbonyl (C=O) groups excluding carboxylic acids is 1. The Morgan fingerprint density at radius 2 is 1.94 bits per heavy atom. The lowest BCUT2D eigenvalue weighted by molar-refractivity contribution is -0.135. The maximum Gasteiger partial charge on any atom is 0.142 e. The van der Waals surface area contributed by atoms with Crippen LogP contribution in [0, 0.1) is 11.3 Å². The van der Waals surface area contributed by atoms with Gasteiger partial charge in [0, 0.05) is 23.9 Å². The molecule has 1 heterocycles. The molecule has 1 saturated heterocycles. The van der Waals surface area contributed by atoms with Crippen molar-refractivity contribution in [3.63, 3.8) is 0 Å². The molecule has 2 fully saturated rings. The Morgan fingerprint density at radius 1 is 1.17 bits per heavy atom. The summed E-state index contributed by atoms with van der Waals surface area (Å²) in [5, 5.41) is 0. The molecule has 1 aliphatic heterocycles. The lowest BCUT2D eigenvalue weighted by Gasteiger charge is -2.37. The summed E-state index contributed by atoms with van der Waals surface area (Å²) in [5.74, 6) is 0.819. The van der Waals surface area contributed by atoms with Crippen LogP contribution in [0.25, 0.3) is 0 Å². The second kappa shape index (κ2) is 5.73. The summed E-state index contributed by atoms with van der Waals surface area (Å²) >= 11 is 0. The molecule has 0 amide bonds. The first-order valence-electron chi connectivity index (χ1n) is 7.79. The van der Waals surface area contributed by atoms with Crippen LogP contribution >= 0.6 is 0 Å². The maximum absolute atomic E-state index is 12.5. The molecular formula is C16H29NO. The number of hydrogen-bond acceptors (Lipinski definition) is 2. The number of nitrogens with zero attached hydrogens (tertiary/aromatic N) is 1. The number of likely N-dealkylation sites (tertiary alicyclic amines) is 1. The minimum atomic E-state index is -0.0714. The van der Waals surface area contributed by atoms with Crippen LogP contribution in [0.1, 0.15) is 65.7 Å². The minimum absolute atomic E-state index is 0.0714. The van der Waals surface area contributed by atoms with Gasteiger partial charge in [-0.05, 0) is 39.2 Å². The summed E-state index contributed by atoms with van der Waals surface area (Å²) in [6.07, 6.45) is 8.78. The fraction of sp³-hybridized carbons (Fsp3) is 0.938. The predicted octanol–water partition coefficient (Wildman–Crippen LogP) is 3.65. The van der Waals surface area contributed by atoms with Gasteiger partial charge in [-0.1, -0.05) is 33.1 Å². The molecule has 0 radical (unpaired) electrons. The van der Waals surface area contributed by atoms with Crippen LogP contribution in [0.15, 0.2) is 0 Å². The molecule has 2 atom stereocenters. The van der Waals surface area contributed by atoms with Crippen molar-refractivity contribution >= 4 is 5.78 Å². The molecule has 2 aliphatic rings. The van der Waals surface area contributed by atoms with Gasteiger partial charge in [-0.2, -0.15) is 0 Å². The molecule has 2 unspecified atom stereocenters. The molecule has 104 valence electrons. The standard InChI is InChI=1S/C16H29NO/c1-13-8-5-4-6-11-17(13)12-14-9-7-10-16(2,3)15(14)18/h13-14H,4-12H2,1-3H3. The smallest absolute Gasteiger partial charge is 0.142 e. The third kappa shape index (κ3) is 3.14. The van der Waals surface area contributed by atoms with Gasteiger partial charge in [0.05, 0.1) is 0 Å². The molecule has 2 rings (SSSR count). The fourth-order valence-electron chi connectivity index (χ4n) is 3.66. The van der Waals surface area contributed by atoms with E-state index in [0.29, 0.717) is 17.7 Å². The van der Waals surface area contributed by atoms with Crippen molar-refractivity contribution in [2.75, 3.05) is 13.1 Å². The first-order valence-corrected chi connectivity index (χ1v) is 7.79. The van der Waals surface area contributed by atoms with Crippen molar-refractivity contribution in [1.82, 2.24) is 4.90 Å². The van der Waals surface area contributed by atoms with Crippen molar-refractivity contribution in [2.45, 2.75) is 71.8 Å². The highest BCUT2D eigenvalue weighted by molar-refractivity contribution is 5.87. The molecule has 18 heavy (non-hydrogen) atoms. The van der Waals surface area contributed by atoms with Crippen LogP contribution in [0.5, 0.6) is 0 Å². The summed E-state index contributed by atoms with van der Waals surface area (Å²) in [6.45, 7) is 8.82. The highest BCUT2D eigenvalue weighted by atomic mass is 16.1. The quantitative estimate of drug-likeness (QED) is 0.746. The van der Waals surface area contributed by atoms with E-state index < -0.39 is 0 Å². The van der Waals surface area contributed by atoms with Gasteiger partial charge in [0.25, 0.3) is 0 Å². The summed E-state index contributed by atoms with van der Waals surface area (Å²) < 4.78 is 0. The molecule has 0 spiro atoms. The van der Waals surface area contributed by atoms with Gasteiger partial charge in [-0.3, -0.25) is 9.69 Å². The van der Waals surface area contributed by atoms with Gasteiger partial charge in [-0.25, -0.2) is 0 Å².